The smallest absolute Gasteiger partial charge is 0.235 e. The number of nitrogens with two attached hydrogens (primary N) is 1. The molecule has 5 nitrogen and oxygen atoms in total. The average molecular weight is 243 g/mol. The molecule has 0 saturated carbocycles. The molecule has 0 bridgehead atoms. The Morgan fingerprint density at radius 1 is 1.65 bits per heavy atom. The fourth-order valence-corrected chi connectivity index (χ4v) is 2.24. The number of carbonyl (C=O) groups is 1. The molecule has 1 amide bonds. The molecule has 2 atom stereocenters. The molecule has 100 valence electrons. The van der Waals surface area contributed by atoms with Crippen LogP contribution in [-0.4, -0.2) is 42.6 Å². The Kier molecular flexibility index (Phi) is 6.47. The van der Waals surface area contributed by atoms with Gasteiger partial charge in [-0.1, -0.05) is 6.92 Å². The van der Waals surface area contributed by atoms with Crippen LogP contribution in [0.15, 0.2) is 0 Å². The summed E-state index contributed by atoms with van der Waals surface area (Å²) in [5, 5.41) is 0. The topological polar surface area (TPSA) is 67.6 Å². The molecule has 3 N–H and O–H groups in total. The van der Waals surface area contributed by atoms with Crippen LogP contribution in [0.5, 0.6) is 0 Å². The first-order valence-corrected chi connectivity index (χ1v) is 6.52. The van der Waals surface area contributed by atoms with E-state index in [0.29, 0.717) is 12.5 Å². The number of hydrogen-bond acceptors (Lipinski definition) is 4. The molecule has 1 aliphatic rings. The summed E-state index contributed by atoms with van der Waals surface area (Å²) in [4.78, 5) is 13.5. The number of nitrogens with zero attached hydrogens (tertiary/aromatic N) is 1. The third-order valence-electron chi connectivity index (χ3n) is 3.23. The zero-order valence-electron chi connectivity index (χ0n) is 10.9. The minimum atomic E-state index is -0.103. The molecule has 1 heterocycles. The molecule has 1 rings (SSSR count). The van der Waals surface area contributed by atoms with E-state index < -0.39 is 0 Å². The lowest BCUT2D eigenvalue weighted by Crippen LogP contribution is -2.46. The Balaban J connectivity index is 2.34. The number of hydrazine groups is 1. The number of likely N-dealkylation sites (tertiary alicyclic amines) is 1. The zero-order chi connectivity index (χ0) is 12.7. The van der Waals surface area contributed by atoms with Crippen molar-refractivity contribution in [3.05, 3.63) is 0 Å². The van der Waals surface area contributed by atoms with Gasteiger partial charge in [0.05, 0.1) is 6.10 Å². The summed E-state index contributed by atoms with van der Waals surface area (Å²) in [7, 11) is 0. The number of nitrogens with one attached hydrogen (secondary N) is 1. The maximum Gasteiger partial charge on any atom is 0.235 e. The van der Waals surface area contributed by atoms with E-state index >= 15 is 0 Å². The maximum atomic E-state index is 11.2. The van der Waals surface area contributed by atoms with Gasteiger partial charge in [-0.25, -0.2) is 5.84 Å². The minimum Gasteiger partial charge on any atom is -0.377 e. The molecule has 0 aromatic carbocycles. The summed E-state index contributed by atoms with van der Waals surface area (Å²) >= 11 is 0. The molecule has 0 aromatic rings. The van der Waals surface area contributed by atoms with E-state index in [2.05, 4.69) is 24.2 Å². The third kappa shape index (κ3) is 5.02. The van der Waals surface area contributed by atoms with Crippen molar-refractivity contribution < 1.29 is 9.53 Å². The van der Waals surface area contributed by atoms with Crippen LogP contribution in [0.3, 0.4) is 0 Å². The molecule has 0 aromatic heterocycles. The molecule has 2 unspecified atom stereocenters. The molecular formula is C12H25N3O2. The Morgan fingerprint density at radius 2 is 2.41 bits per heavy atom. The second-order valence-corrected chi connectivity index (χ2v) is 4.75. The van der Waals surface area contributed by atoms with E-state index in [1.807, 2.05) is 0 Å². The van der Waals surface area contributed by atoms with Gasteiger partial charge in [-0.15, -0.1) is 0 Å². The minimum absolute atomic E-state index is 0.103. The Labute approximate surface area is 104 Å². The van der Waals surface area contributed by atoms with Gasteiger partial charge in [0.15, 0.2) is 0 Å². The van der Waals surface area contributed by atoms with Crippen molar-refractivity contribution in [2.24, 2.45) is 5.84 Å². The van der Waals surface area contributed by atoms with Gasteiger partial charge < -0.3 is 4.74 Å². The fourth-order valence-electron chi connectivity index (χ4n) is 2.24. The van der Waals surface area contributed by atoms with Gasteiger partial charge in [0, 0.05) is 25.6 Å². The fraction of sp³-hybridized carbons (Fsp3) is 0.917. The van der Waals surface area contributed by atoms with Gasteiger partial charge >= 0.3 is 0 Å². The summed E-state index contributed by atoms with van der Waals surface area (Å²) in [6.45, 7) is 6.99. The highest BCUT2D eigenvalue weighted by atomic mass is 16.5. The van der Waals surface area contributed by atoms with Crippen molar-refractivity contribution in [3.8, 4) is 0 Å². The summed E-state index contributed by atoms with van der Waals surface area (Å²) in [5.74, 6) is 5.00. The largest absolute Gasteiger partial charge is 0.377 e. The molecule has 0 spiro atoms. The predicted octanol–water partition coefficient (Wildman–Crippen LogP) is 0.646. The summed E-state index contributed by atoms with van der Waals surface area (Å²) in [6.07, 6.45) is 4.11. The molecule has 17 heavy (non-hydrogen) atoms. The van der Waals surface area contributed by atoms with Crippen LogP contribution in [0.1, 0.15) is 39.5 Å². The monoisotopic (exact) mass is 243 g/mol. The van der Waals surface area contributed by atoms with E-state index in [9.17, 15) is 4.79 Å². The van der Waals surface area contributed by atoms with E-state index in [1.165, 1.54) is 0 Å². The lowest BCUT2D eigenvalue weighted by molar-refractivity contribution is -0.122. The molecule has 1 aliphatic heterocycles. The van der Waals surface area contributed by atoms with Crippen LogP contribution in [0, 0.1) is 0 Å². The van der Waals surface area contributed by atoms with Crippen molar-refractivity contribution >= 4 is 5.91 Å². The van der Waals surface area contributed by atoms with E-state index in [1.54, 1.807) is 0 Å². The first-order valence-electron chi connectivity index (χ1n) is 6.52. The highest BCUT2D eigenvalue weighted by molar-refractivity contribution is 5.75. The van der Waals surface area contributed by atoms with Crippen molar-refractivity contribution in [2.75, 3.05) is 19.7 Å². The Bertz CT molecular complexity index is 236. The van der Waals surface area contributed by atoms with Gasteiger partial charge in [0.25, 0.3) is 0 Å². The summed E-state index contributed by atoms with van der Waals surface area (Å²) in [5.41, 5.74) is 2.18. The molecule has 1 saturated heterocycles. The van der Waals surface area contributed by atoms with Crippen molar-refractivity contribution in [1.82, 2.24) is 10.3 Å². The molecule has 0 aliphatic carbocycles. The highest BCUT2D eigenvalue weighted by Crippen LogP contribution is 2.17. The Morgan fingerprint density at radius 3 is 3.06 bits per heavy atom. The van der Waals surface area contributed by atoms with E-state index in [-0.39, 0.29) is 11.9 Å². The van der Waals surface area contributed by atoms with Crippen molar-refractivity contribution in [2.45, 2.75) is 51.7 Å². The maximum absolute atomic E-state index is 11.2. The second kappa shape index (κ2) is 7.63. The van der Waals surface area contributed by atoms with Crippen molar-refractivity contribution in [3.63, 3.8) is 0 Å². The number of hydrogen-bond donors (Lipinski definition) is 2. The lowest BCUT2D eigenvalue weighted by atomic mass is 10.0. The first kappa shape index (κ1) is 14.4. The van der Waals surface area contributed by atoms with Crippen LogP contribution in [0.4, 0.5) is 0 Å². The normalized spacial score (nSPS) is 23.4. The number of rotatable bonds is 6. The van der Waals surface area contributed by atoms with E-state index in [0.717, 1.165) is 39.0 Å². The number of ether oxygens (including phenoxy) is 1. The van der Waals surface area contributed by atoms with Gasteiger partial charge in [0.2, 0.25) is 5.91 Å². The SMILES string of the molecule is CCCOC1CCCN(C(C)CC(=O)NN)C1. The second-order valence-electron chi connectivity index (χ2n) is 4.75. The first-order chi connectivity index (χ1) is 8.17. The average Bonchev–Trinajstić information content (AvgIpc) is 2.36. The third-order valence-corrected chi connectivity index (χ3v) is 3.23. The predicted molar refractivity (Wildman–Crippen MR) is 67.2 cm³/mol. The zero-order valence-corrected chi connectivity index (χ0v) is 10.9. The molecule has 1 fully saturated rings. The van der Waals surface area contributed by atoms with Crippen LogP contribution >= 0.6 is 0 Å². The Hall–Kier alpha value is -0.650. The van der Waals surface area contributed by atoms with Gasteiger partial charge in [-0.05, 0) is 32.7 Å². The highest BCUT2D eigenvalue weighted by Gasteiger charge is 2.24. The van der Waals surface area contributed by atoms with Gasteiger partial charge in [-0.3, -0.25) is 15.1 Å². The van der Waals surface area contributed by atoms with Crippen LogP contribution in [0.2, 0.25) is 0 Å². The van der Waals surface area contributed by atoms with E-state index in [4.69, 9.17) is 10.6 Å². The van der Waals surface area contributed by atoms with Crippen molar-refractivity contribution in [1.29, 1.82) is 0 Å². The quantitative estimate of drug-likeness (QED) is 0.408. The standard InChI is InChI=1S/C12H25N3O2/c1-3-7-17-11-5-4-6-15(9-11)10(2)8-12(16)14-13/h10-11H,3-9,13H2,1-2H3,(H,14,16). The van der Waals surface area contributed by atoms with Crippen LogP contribution in [0.25, 0.3) is 0 Å². The number of piperidine rings is 1. The van der Waals surface area contributed by atoms with Crippen LogP contribution in [-0.2, 0) is 9.53 Å². The van der Waals surface area contributed by atoms with Gasteiger partial charge in [0.1, 0.15) is 0 Å². The van der Waals surface area contributed by atoms with Crippen LogP contribution < -0.4 is 11.3 Å². The molecule has 5 heteroatoms. The summed E-state index contributed by atoms with van der Waals surface area (Å²) in [6, 6.07) is 0.228. The molecule has 0 radical (unpaired) electrons. The van der Waals surface area contributed by atoms with Gasteiger partial charge in [-0.2, -0.15) is 0 Å². The lowest BCUT2D eigenvalue weighted by Gasteiger charge is -2.36. The number of carbonyl (C=O) groups excluding carboxylic acids is 1. The summed E-state index contributed by atoms with van der Waals surface area (Å²) < 4.78 is 5.78. The molecular weight excluding hydrogens is 218 g/mol. The number of amides is 1.